The van der Waals surface area contributed by atoms with Crippen LogP contribution in [0.4, 0.5) is 5.69 Å². The molecule has 0 aliphatic carbocycles. The van der Waals surface area contributed by atoms with Crippen molar-refractivity contribution in [3.63, 3.8) is 0 Å². The van der Waals surface area contributed by atoms with Gasteiger partial charge in [-0.2, -0.15) is 0 Å². The zero-order chi connectivity index (χ0) is 24.2. The molecule has 0 aliphatic heterocycles. The molecule has 0 saturated heterocycles. The highest BCUT2D eigenvalue weighted by Crippen LogP contribution is 2.29. The molecule has 0 saturated carbocycles. The normalized spacial score (nSPS) is 11.8. The van der Waals surface area contributed by atoms with Crippen molar-refractivity contribution in [3.05, 3.63) is 125 Å². The molecule has 1 aromatic heterocycles. The lowest BCUT2D eigenvalue weighted by Gasteiger charge is -2.22. The summed E-state index contributed by atoms with van der Waals surface area (Å²) in [4.78, 5) is 18.8. The van der Waals surface area contributed by atoms with E-state index >= 15 is 0 Å². The van der Waals surface area contributed by atoms with E-state index in [1.54, 1.807) is 7.11 Å². The number of carbonyl (C=O) groups excluding carboxylic acids is 1. The summed E-state index contributed by atoms with van der Waals surface area (Å²) in [7, 11) is 1.62. The van der Waals surface area contributed by atoms with Crippen LogP contribution in [0.2, 0.25) is 5.02 Å². The molecule has 1 N–H and O–H groups in total. The Hall–Kier alpha value is -4.09. The van der Waals surface area contributed by atoms with Crippen molar-refractivity contribution in [3.8, 4) is 5.75 Å². The monoisotopic (exact) mass is 481 g/mol. The Morgan fingerprint density at radius 3 is 2.43 bits per heavy atom. The van der Waals surface area contributed by atoms with Gasteiger partial charge in [-0.05, 0) is 59.7 Å². The molecule has 0 bridgehead atoms. The second-order valence-electron chi connectivity index (χ2n) is 8.22. The Morgan fingerprint density at radius 2 is 1.69 bits per heavy atom. The SMILES string of the molecule is COc1ccc(NC(=O)C(c2ccccc2)n2c(Cc3cccc(Cl)c3)nc3ccccc32)cc1. The van der Waals surface area contributed by atoms with E-state index in [9.17, 15) is 4.79 Å². The van der Waals surface area contributed by atoms with Gasteiger partial charge in [-0.25, -0.2) is 4.98 Å². The number of anilines is 1. The van der Waals surface area contributed by atoms with Gasteiger partial charge < -0.3 is 14.6 Å². The number of methoxy groups -OCH3 is 1. The molecular formula is C29H24ClN3O2. The Morgan fingerprint density at radius 1 is 0.943 bits per heavy atom. The second kappa shape index (κ2) is 10.0. The molecule has 0 aliphatic rings. The molecule has 0 fully saturated rings. The number of aromatic nitrogens is 2. The number of nitrogens with zero attached hydrogens (tertiary/aromatic N) is 2. The minimum absolute atomic E-state index is 0.156. The molecule has 1 amide bonds. The van der Waals surface area contributed by atoms with E-state index in [1.165, 1.54) is 0 Å². The molecule has 0 spiro atoms. The first-order chi connectivity index (χ1) is 17.1. The standard InChI is InChI=1S/C29H24ClN3O2/c1-35-24-16-14-23(15-17-24)31-29(34)28(21-9-3-2-4-10-21)33-26-13-6-5-12-25(26)32-27(33)19-20-8-7-11-22(30)18-20/h2-18,28H,19H2,1H3,(H,31,34). The lowest BCUT2D eigenvalue weighted by molar-refractivity contribution is -0.118. The molecule has 1 heterocycles. The molecule has 1 unspecified atom stereocenters. The van der Waals surface area contributed by atoms with Crippen molar-refractivity contribution in [1.29, 1.82) is 0 Å². The topological polar surface area (TPSA) is 56.1 Å². The number of hydrogen-bond acceptors (Lipinski definition) is 3. The number of amides is 1. The number of carbonyl (C=O) groups is 1. The van der Waals surface area contributed by atoms with Crippen molar-refractivity contribution in [2.75, 3.05) is 12.4 Å². The Balaban J connectivity index is 1.62. The van der Waals surface area contributed by atoms with Crippen LogP contribution in [0.5, 0.6) is 5.75 Å². The van der Waals surface area contributed by atoms with E-state index in [1.807, 2.05) is 108 Å². The molecular weight excluding hydrogens is 458 g/mol. The molecule has 4 aromatic carbocycles. The van der Waals surface area contributed by atoms with Crippen molar-refractivity contribution in [2.24, 2.45) is 0 Å². The van der Waals surface area contributed by atoms with Gasteiger partial charge in [0.2, 0.25) is 0 Å². The number of halogens is 1. The number of benzene rings is 4. The number of ether oxygens (including phenoxy) is 1. The second-order valence-corrected chi connectivity index (χ2v) is 8.66. The number of rotatable bonds is 7. The Kier molecular flexibility index (Phi) is 6.51. The number of para-hydroxylation sites is 2. The van der Waals surface area contributed by atoms with Crippen LogP contribution in [0, 0.1) is 0 Å². The molecule has 5 aromatic rings. The third-order valence-electron chi connectivity index (χ3n) is 5.90. The maximum Gasteiger partial charge on any atom is 0.252 e. The van der Waals surface area contributed by atoms with E-state index in [4.69, 9.17) is 21.3 Å². The number of imidazole rings is 1. The Bertz CT molecular complexity index is 1460. The average molecular weight is 482 g/mol. The zero-order valence-corrected chi connectivity index (χ0v) is 19.9. The molecule has 5 rings (SSSR count). The third kappa shape index (κ3) is 4.91. The summed E-state index contributed by atoms with van der Waals surface area (Å²) in [5.41, 5.74) is 4.31. The summed E-state index contributed by atoms with van der Waals surface area (Å²) in [5.74, 6) is 1.36. The number of hydrogen-bond donors (Lipinski definition) is 1. The fourth-order valence-electron chi connectivity index (χ4n) is 4.27. The van der Waals surface area contributed by atoms with Gasteiger partial charge in [0.05, 0.1) is 18.1 Å². The smallest absolute Gasteiger partial charge is 0.252 e. The van der Waals surface area contributed by atoms with Gasteiger partial charge in [0.25, 0.3) is 5.91 Å². The maximum atomic E-state index is 13.9. The summed E-state index contributed by atoms with van der Waals surface area (Å²) in [5, 5.41) is 3.75. The number of nitrogens with one attached hydrogen (secondary N) is 1. The Labute approximate surface area is 209 Å². The third-order valence-corrected chi connectivity index (χ3v) is 6.13. The van der Waals surface area contributed by atoms with Crippen LogP contribution < -0.4 is 10.1 Å². The van der Waals surface area contributed by atoms with Gasteiger partial charge in [-0.15, -0.1) is 0 Å². The molecule has 5 nitrogen and oxygen atoms in total. The van der Waals surface area contributed by atoms with E-state index in [2.05, 4.69) is 5.32 Å². The highest BCUT2D eigenvalue weighted by atomic mass is 35.5. The minimum atomic E-state index is -0.625. The molecule has 35 heavy (non-hydrogen) atoms. The quantitative estimate of drug-likeness (QED) is 0.288. The van der Waals surface area contributed by atoms with Crippen LogP contribution in [-0.2, 0) is 11.2 Å². The van der Waals surface area contributed by atoms with Crippen LogP contribution in [0.25, 0.3) is 11.0 Å². The van der Waals surface area contributed by atoms with Crippen LogP contribution in [0.3, 0.4) is 0 Å². The summed E-state index contributed by atoms with van der Waals surface area (Å²) >= 11 is 6.25. The van der Waals surface area contributed by atoms with Gasteiger partial charge in [-0.1, -0.05) is 66.2 Å². The van der Waals surface area contributed by atoms with Gasteiger partial charge in [0, 0.05) is 17.1 Å². The van der Waals surface area contributed by atoms with Gasteiger partial charge in [-0.3, -0.25) is 4.79 Å². The fraction of sp³-hybridized carbons (Fsp3) is 0.103. The van der Waals surface area contributed by atoms with Crippen LogP contribution in [-0.4, -0.2) is 22.6 Å². The van der Waals surface area contributed by atoms with E-state index in [0.29, 0.717) is 17.1 Å². The lowest BCUT2D eigenvalue weighted by atomic mass is 10.0. The van der Waals surface area contributed by atoms with Crippen LogP contribution >= 0.6 is 11.6 Å². The molecule has 6 heteroatoms. The predicted molar refractivity (Wildman–Crippen MR) is 140 cm³/mol. The van der Waals surface area contributed by atoms with Crippen molar-refractivity contribution < 1.29 is 9.53 Å². The van der Waals surface area contributed by atoms with Crippen LogP contribution in [0.1, 0.15) is 23.0 Å². The molecule has 0 radical (unpaired) electrons. The first-order valence-electron chi connectivity index (χ1n) is 11.3. The largest absolute Gasteiger partial charge is 0.497 e. The highest BCUT2D eigenvalue weighted by molar-refractivity contribution is 6.30. The van der Waals surface area contributed by atoms with Crippen molar-refractivity contribution >= 4 is 34.2 Å². The summed E-state index contributed by atoms with van der Waals surface area (Å²) in [6, 6.07) is 32.1. The summed E-state index contributed by atoms with van der Waals surface area (Å²) in [6.07, 6.45) is 0.536. The number of fused-ring (bicyclic) bond motifs is 1. The summed E-state index contributed by atoms with van der Waals surface area (Å²) < 4.78 is 7.28. The molecule has 174 valence electrons. The van der Waals surface area contributed by atoms with Gasteiger partial charge in [0.1, 0.15) is 17.6 Å². The highest BCUT2D eigenvalue weighted by Gasteiger charge is 2.27. The van der Waals surface area contributed by atoms with E-state index in [0.717, 1.165) is 33.7 Å². The maximum absolute atomic E-state index is 13.9. The van der Waals surface area contributed by atoms with E-state index in [-0.39, 0.29) is 5.91 Å². The van der Waals surface area contributed by atoms with Crippen molar-refractivity contribution in [2.45, 2.75) is 12.5 Å². The van der Waals surface area contributed by atoms with Gasteiger partial charge in [0.15, 0.2) is 0 Å². The zero-order valence-electron chi connectivity index (χ0n) is 19.2. The lowest BCUT2D eigenvalue weighted by Crippen LogP contribution is -2.28. The predicted octanol–water partition coefficient (Wildman–Crippen LogP) is 6.52. The van der Waals surface area contributed by atoms with Crippen LogP contribution in [0.15, 0.2) is 103 Å². The average Bonchev–Trinajstić information content (AvgIpc) is 3.23. The van der Waals surface area contributed by atoms with E-state index < -0.39 is 6.04 Å². The van der Waals surface area contributed by atoms with Crippen molar-refractivity contribution in [1.82, 2.24) is 9.55 Å². The van der Waals surface area contributed by atoms with Gasteiger partial charge >= 0.3 is 0 Å². The fourth-order valence-corrected chi connectivity index (χ4v) is 4.49. The first-order valence-corrected chi connectivity index (χ1v) is 11.7. The molecule has 1 atom stereocenters. The first kappa shape index (κ1) is 22.7. The summed E-state index contributed by atoms with van der Waals surface area (Å²) in [6.45, 7) is 0. The minimum Gasteiger partial charge on any atom is -0.497 e.